The normalized spacial score (nSPS) is 11.8. The summed E-state index contributed by atoms with van der Waals surface area (Å²) < 4.78 is 5.26. The number of rotatable bonds is 36. The lowest BCUT2D eigenvalue weighted by molar-refractivity contribution is -0.120. The highest BCUT2D eigenvalue weighted by Gasteiger charge is 2.15. The van der Waals surface area contributed by atoms with Crippen LogP contribution in [0.25, 0.3) is 10.9 Å². The highest BCUT2D eigenvalue weighted by molar-refractivity contribution is 6.31. The van der Waals surface area contributed by atoms with Crippen molar-refractivity contribution in [1.29, 1.82) is 0 Å². The highest BCUT2D eigenvalue weighted by Crippen LogP contribution is 2.28. The van der Waals surface area contributed by atoms with Gasteiger partial charge in [0.25, 0.3) is 0 Å². The molecule has 79 heavy (non-hydrogen) atoms. The minimum atomic E-state index is 0.0822. The van der Waals surface area contributed by atoms with Gasteiger partial charge in [-0.25, -0.2) is 0 Å². The number of para-hydroxylation sites is 1. The number of hydrogen-bond donors (Lipinski definition) is 9. The molecule has 0 spiro atoms. The van der Waals surface area contributed by atoms with Crippen LogP contribution >= 0.6 is 11.6 Å². The quantitative estimate of drug-likeness (QED) is 0.0175. The first-order chi connectivity index (χ1) is 38.9. The van der Waals surface area contributed by atoms with Crippen LogP contribution in [0.3, 0.4) is 0 Å². The fourth-order valence-electron chi connectivity index (χ4n) is 9.39. The van der Waals surface area contributed by atoms with Crippen molar-refractivity contribution in [2.75, 3.05) is 85.6 Å². The summed E-state index contributed by atoms with van der Waals surface area (Å²) in [5.74, 6) is 1.42. The van der Waals surface area contributed by atoms with Crippen LogP contribution in [0.4, 0.5) is 0 Å². The molecule has 6 aromatic carbocycles. The number of nitrogens with two attached hydrogens (primary N) is 1. The van der Waals surface area contributed by atoms with Gasteiger partial charge in [-0.2, -0.15) is 0 Å². The smallest absolute Gasteiger partial charge is 0.224 e. The third-order valence-corrected chi connectivity index (χ3v) is 14.4. The zero-order chi connectivity index (χ0) is 55.8. The maximum atomic E-state index is 12.2. The Hall–Kier alpha value is -5.86. The first-order valence-corrected chi connectivity index (χ1v) is 29.6. The predicted molar refractivity (Wildman–Crippen MR) is 335 cm³/mol. The van der Waals surface area contributed by atoms with Gasteiger partial charge in [0.2, 0.25) is 5.91 Å². The van der Waals surface area contributed by atoms with Crippen LogP contribution in [0.5, 0.6) is 5.75 Å². The molecule has 7 rings (SSSR count). The predicted octanol–water partition coefficient (Wildman–Crippen LogP) is 11.7. The Labute approximate surface area is 479 Å². The van der Waals surface area contributed by atoms with E-state index in [0.29, 0.717) is 31.0 Å². The van der Waals surface area contributed by atoms with Crippen molar-refractivity contribution in [2.24, 2.45) is 5.73 Å². The second-order valence-electron chi connectivity index (χ2n) is 20.2. The third kappa shape index (κ3) is 26.3. The Morgan fingerprint density at radius 3 is 1.63 bits per heavy atom. The maximum absolute atomic E-state index is 12.2. The number of carbonyl (C=O) groups excluding carboxylic acids is 1. The van der Waals surface area contributed by atoms with Crippen LogP contribution in [-0.4, -0.2) is 96.5 Å². The van der Waals surface area contributed by atoms with E-state index < -0.39 is 0 Å². The fourth-order valence-corrected chi connectivity index (χ4v) is 9.62. The molecule has 7 aromatic rings. The van der Waals surface area contributed by atoms with Gasteiger partial charge < -0.3 is 52.7 Å². The van der Waals surface area contributed by atoms with E-state index in [1.54, 1.807) is 7.11 Å². The number of H-pyrrole nitrogens is 1. The molecule has 1 amide bonds. The first kappa shape index (κ1) is 64.0. The standard InChI is InChI=1S/C26H47N7O.C23H25N.C18H22ClNO/c27-11-5-14-28-12-3-4-13-29-15-6-16-30-17-7-18-31-19-8-20-32-26(34)21-23-22-33-25-10-2-1-9-24(23)25;1-19(20-11-5-2-6-12-20)24-18-17-23(21-13-7-3-8-14-21)22-15-9-4-10-16-22;1-14(16-8-5-10-17(13-16)21-2)20-12-6-9-15-7-3-4-11-18(15)19/h1-2,9-10,22,28-31,33H,3-8,11-21,27H2,(H,32,34);2-16,19,23-24H,17-18H2,1H3;3-5,7-8,10-11,13-14,20H,6,9,12H2,1-2H3/t;;14-/m..1/s1. The number of aryl methyl sites for hydroxylation is 1. The number of aromatic nitrogens is 1. The molecule has 2 atom stereocenters. The number of benzene rings is 6. The molecule has 1 aromatic heterocycles. The number of nitrogens with one attached hydrogen (secondary N) is 8. The number of carbonyl (C=O) groups is 1. The monoisotopic (exact) mass is 1090 g/mol. The summed E-state index contributed by atoms with van der Waals surface area (Å²) in [7, 11) is 1.70. The van der Waals surface area contributed by atoms with Gasteiger partial charge in [-0.15, -0.1) is 0 Å². The molecule has 10 N–H and O–H groups in total. The van der Waals surface area contributed by atoms with E-state index in [2.05, 4.69) is 171 Å². The van der Waals surface area contributed by atoms with Crippen LogP contribution in [0.1, 0.15) is 117 Å². The second kappa shape index (κ2) is 40.3. The number of halogens is 1. The van der Waals surface area contributed by atoms with Crippen molar-refractivity contribution in [3.05, 3.63) is 208 Å². The number of hydrogen-bond acceptors (Lipinski definition) is 9. The number of fused-ring (bicyclic) bond motifs is 1. The Kier molecular flexibility index (Phi) is 32.7. The van der Waals surface area contributed by atoms with E-state index in [0.717, 1.165) is 138 Å². The van der Waals surface area contributed by atoms with Gasteiger partial charge in [-0.1, -0.05) is 151 Å². The van der Waals surface area contributed by atoms with Gasteiger partial charge in [0, 0.05) is 46.7 Å². The summed E-state index contributed by atoms with van der Waals surface area (Å²) in [5.41, 5.74) is 14.2. The van der Waals surface area contributed by atoms with Crippen LogP contribution in [0, 0.1) is 0 Å². The van der Waals surface area contributed by atoms with E-state index in [4.69, 9.17) is 22.1 Å². The third-order valence-electron chi connectivity index (χ3n) is 14.0. The minimum Gasteiger partial charge on any atom is -0.497 e. The summed E-state index contributed by atoms with van der Waals surface area (Å²) >= 11 is 6.16. The van der Waals surface area contributed by atoms with E-state index in [1.807, 2.05) is 54.7 Å². The highest BCUT2D eigenvalue weighted by atomic mass is 35.5. The van der Waals surface area contributed by atoms with Crippen LogP contribution in [0.15, 0.2) is 170 Å². The molecule has 0 aliphatic heterocycles. The van der Waals surface area contributed by atoms with Gasteiger partial charge in [-0.05, 0) is 201 Å². The molecular weight excluding hydrogens is 998 g/mol. The molecule has 0 aliphatic carbocycles. The van der Waals surface area contributed by atoms with E-state index in [-0.39, 0.29) is 5.91 Å². The number of methoxy groups -OCH3 is 1. The Morgan fingerprint density at radius 2 is 1.03 bits per heavy atom. The van der Waals surface area contributed by atoms with Gasteiger partial charge >= 0.3 is 0 Å². The molecule has 1 heterocycles. The molecule has 0 saturated carbocycles. The molecule has 426 valence electrons. The first-order valence-electron chi connectivity index (χ1n) is 29.2. The summed E-state index contributed by atoms with van der Waals surface area (Å²) in [4.78, 5) is 15.4. The largest absolute Gasteiger partial charge is 0.497 e. The molecule has 0 fully saturated rings. The molecular formula is C67H94ClN9O2. The summed E-state index contributed by atoms with van der Waals surface area (Å²) in [6.07, 6.45) is 12.3. The SMILES string of the molecule is CC(NCCC(c1ccccc1)c1ccccc1)c1ccccc1.COc1cccc([C@@H](C)NCCCc2ccccc2Cl)c1.NCCCNCCCCNCCCNCCCNCCCNC(=O)Cc1c[nH]c2ccccc12. The van der Waals surface area contributed by atoms with E-state index in [1.165, 1.54) is 47.1 Å². The minimum absolute atomic E-state index is 0.0822. The van der Waals surface area contributed by atoms with Crippen molar-refractivity contribution >= 4 is 28.4 Å². The number of amides is 1. The van der Waals surface area contributed by atoms with Crippen molar-refractivity contribution in [3.8, 4) is 5.75 Å². The second-order valence-corrected chi connectivity index (χ2v) is 20.6. The van der Waals surface area contributed by atoms with Crippen LogP contribution in [0.2, 0.25) is 5.02 Å². The van der Waals surface area contributed by atoms with E-state index >= 15 is 0 Å². The summed E-state index contributed by atoms with van der Waals surface area (Å²) in [5, 5.41) is 26.1. The maximum Gasteiger partial charge on any atom is 0.224 e. The fraction of sp³-hybridized carbons (Fsp3) is 0.418. The van der Waals surface area contributed by atoms with Gasteiger partial charge in [0.1, 0.15) is 5.75 Å². The molecule has 12 heteroatoms. The summed E-state index contributed by atoms with van der Waals surface area (Å²) in [6.45, 7) is 16.2. The molecule has 0 bridgehead atoms. The Morgan fingerprint density at radius 1 is 0.519 bits per heavy atom. The van der Waals surface area contributed by atoms with Crippen molar-refractivity contribution in [2.45, 2.75) is 96.1 Å². The lowest BCUT2D eigenvalue weighted by Crippen LogP contribution is -2.29. The van der Waals surface area contributed by atoms with Crippen LogP contribution in [-0.2, 0) is 17.6 Å². The van der Waals surface area contributed by atoms with E-state index in [9.17, 15) is 4.79 Å². The average Bonchev–Trinajstić information content (AvgIpc) is 3.92. The Bertz CT molecular complexity index is 2580. The molecule has 0 saturated heterocycles. The topological polar surface area (TPSA) is 152 Å². The number of aromatic amines is 1. The molecule has 0 aliphatic rings. The molecule has 0 radical (unpaired) electrons. The lowest BCUT2D eigenvalue weighted by atomic mass is 9.88. The number of ether oxygens (including phenoxy) is 1. The van der Waals surface area contributed by atoms with Crippen molar-refractivity contribution in [1.82, 2.24) is 42.2 Å². The average molecular weight is 1090 g/mol. The zero-order valence-electron chi connectivity index (χ0n) is 47.7. The molecule has 1 unspecified atom stereocenters. The number of unbranched alkanes of at least 4 members (excludes halogenated alkanes) is 1. The Balaban J connectivity index is 0.000000225. The van der Waals surface area contributed by atoms with Crippen molar-refractivity contribution < 1.29 is 9.53 Å². The van der Waals surface area contributed by atoms with Gasteiger partial charge in [-0.3, -0.25) is 4.79 Å². The van der Waals surface area contributed by atoms with Crippen molar-refractivity contribution in [3.63, 3.8) is 0 Å². The van der Waals surface area contributed by atoms with Crippen LogP contribution < -0.4 is 47.7 Å². The molecule has 11 nitrogen and oxygen atoms in total. The van der Waals surface area contributed by atoms with Gasteiger partial charge in [0.15, 0.2) is 0 Å². The zero-order valence-corrected chi connectivity index (χ0v) is 48.5. The van der Waals surface area contributed by atoms with Gasteiger partial charge in [0.05, 0.1) is 13.5 Å². The lowest BCUT2D eigenvalue weighted by Gasteiger charge is -2.20. The summed E-state index contributed by atoms with van der Waals surface area (Å²) in [6, 6.07) is 57.3.